The molecule has 1 atom stereocenters. The lowest BCUT2D eigenvalue weighted by atomic mass is 10.1. The standard InChI is InChI=1S/C15H30N4O2/c1-13(12-18-7-5-17(2)6-8-18)11-16-15(21)19(9-10-20)14-3-4-14/h13-14,20H,3-12H2,1-2H3,(H,16,21). The maximum atomic E-state index is 12.1. The van der Waals surface area contributed by atoms with Gasteiger partial charge in [0.25, 0.3) is 0 Å². The van der Waals surface area contributed by atoms with Crippen LogP contribution in [0, 0.1) is 5.92 Å². The fraction of sp³-hybridized carbons (Fsp3) is 0.933. The number of nitrogens with zero attached hydrogens (tertiary/aromatic N) is 3. The summed E-state index contributed by atoms with van der Waals surface area (Å²) in [7, 11) is 2.16. The summed E-state index contributed by atoms with van der Waals surface area (Å²) in [6.07, 6.45) is 2.15. The first kappa shape index (κ1) is 16.5. The van der Waals surface area contributed by atoms with Gasteiger partial charge in [-0.2, -0.15) is 0 Å². The molecule has 1 aliphatic heterocycles. The molecule has 122 valence electrons. The van der Waals surface area contributed by atoms with Crippen LogP contribution in [-0.4, -0.2) is 91.3 Å². The van der Waals surface area contributed by atoms with Gasteiger partial charge in [-0.25, -0.2) is 4.79 Å². The van der Waals surface area contributed by atoms with Crippen molar-refractivity contribution in [1.29, 1.82) is 0 Å². The van der Waals surface area contributed by atoms with E-state index >= 15 is 0 Å². The zero-order valence-electron chi connectivity index (χ0n) is 13.4. The Morgan fingerprint density at radius 3 is 2.57 bits per heavy atom. The van der Waals surface area contributed by atoms with Gasteiger partial charge >= 0.3 is 6.03 Å². The van der Waals surface area contributed by atoms with Crippen molar-refractivity contribution >= 4 is 6.03 Å². The van der Waals surface area contributed by atoms with Crippen molar-refractivity contribution in [2.24, 2.45) is 5.92 Å². The predicted molar refractivity (Wildman–Crippen MR) is 83.3 cm³/mol. The number of rotatable bonds is 7. The molecule has 2 fully saturated rings. The van der Waals surface area contributed by atoms with E-state index in [4.69, 9.17) is 5.11 Å². The molecule has 1 saturated heterocycles. The summed E-state index contributed by atoms with van der Waals surface area (Å²) in [5.74, 6) is 0.451. The van der Waals surface area contributed by atoms with E-state index in [2.05, 4.69) is 29.1 Å². The average molecular weight is 298 g/mol. The summed E-state index contributed by atoms with van der Waals surface area (Å²) in [6.45, 7) is 8.92. The first-order valence-electron chi connectivity index (χ1n) is 8.16. The number of likely N-dealkylation sites (N-methyl/N-ethyl adjacent to an activating group) is 1. The Labute approximate surface area is 128 Å². The van der Waals surface area contributed by atoms with Gasteiger partial charge in [0.2, 0.25) is 0 Å². The molecule has 6 heteroatoms. The number of urea groups is 1. The topological polar surface area (TPSA) is 59.1 Å². The smallest absolute Gasteiger partial charge is 0.317 e. The number of aliphatic hydroxyl groups excluding tert-OH is 1. The lowest BCUT2D eigenvalue weighted by Crippen LogP contribution is -2.48. The highest BCUT2D eigenvalue weighted by Gasteiger charge is 2.32. The zero-order chi connectivity index (χ0) is 15.2. The second-order valence-corrected chi connectivity index (χ2v) is 6.54. The largest absolute Gasteiger partial charge is 0.395 e. The molecule has 0 aromatic carbocycles. The van der Waals surface area contributed by atoms with E-state index < -0.39 is 0 Å². The van der Waals surface area contributed by atoms with Gasteiger partial charge in [0.1, 0.15) is 0 Å². The summed E-state index contributed by atoms with van der Waals surface area (Å²) in [4.78, 5) is 18.7. The Bertz CT molecular complexity index is 328. The van der Waals surface area contributed by atoms with Crippen LogP contribution in [0.4, 0.5) is 4.79 Å². The summed E-state index contributed by atoms with van der Waals surface area (Å²) < 4.78 is 0. The van der Waals surface area contributed by atoms with Crippen LogP contribution in [0.25, 0.3) is 0 Å². The minimum atomic E-state index is -0.0169. The van der Waals surface area contributed by atoms with Crippen LogP contribution in [0.5, 0.6) is 0 Å². The number of carbonyl (C=O) groups excluding carboxylic acids is 1. The van der Waals surface area contributed by atoms with Crippen LogP contribution in [0.3, 0.4) is 0 Å². The van der Waals surface area contributed by atoms with Gasteiger partial charge < -0.3 is 25.1 Å². The third kappa shape index (κ3) is 5.45. The zero-order valence-corrected chi connectivity index (χ0v) is 13.4. The molecule has 1 heterocycles. The molecular weight excluding hydrogens is 268 g/mol. The molecule has 0 aromatic rings. The van der Waals surface area contributed by atoms with Crippen LogP contribution >= 0.6 is 0 Å². The van der Waals surface area contributed by atoms with Crippen molar-refractivity contribution < 1.29 is 9.90 Å². The fourth-order valence-corrected chi connectivity index (χ4v) is 2.84. The van der Waals surface area contributed by atoms with E-state index in [1.807, 2.05) is 0 Å². The van der Waals surface area contributed by atoms with Crippen molar-refractivity contribution in [1.82, 2.24) is 20.0 Å². The minimum absolute atomic E-state index is 0.0169. The Kier molecular flexibility index (Phi) is 6.26. The summed E-state index contributed by atoms with van der Waals surface area (Å²) in [5, 5.41) is 12.1. The van der Waals surface area contributed by atoms with Crippen molar-refractivity contribution in [3.63, 3.8) is 0 Å². The number of hydrogen-bond donors (Lipinski definition) is 2. The molecule has 21 heavy (non-hydrogen) atoms. The highest BCUT2D eigenvalue weighted by atomic mass is 16.3. The molecule has 2 aliphatic rings. The second-order valence-electron chi connectivity index (χ2n) is 6.54. The van der Waals surface area contributed by atoms with Gasteiger partial charge in [-0.05, 0) is 25.8 Å². The molecule has 0 spiro atoms. The van der Waals surface area contributed by atoms with Crippen LogP contribution in [0.15, 0.2) is 0 Å². The lowest BCUT2D eigenvalue weighted by molar-refractivity contribution is 0.136. The highest BCUT2D eigenvalue weighted by Crippen LogP contribution is 2.26. The normalized spacial score (nSPS) is 22.0. The first-order valence-corrected chi connectivity index (χ1v) is 8.16. The van der Waals surface area contributed by atoms with E-state index in [-0.39, 0.29) is 12.6 Å². The number of piperazine rings is 1. The van der Waals surface area contributed by atoms with Crippen molar-refractivity contribution in [2.45, 2.75) is 25.8 Å². The monoisotopic (exact) mass is 298 g/mol. The van der Waals surface area contributed by atoms with Gasteiger partial charge in [0, 0.05) is 51.9 Å². The van der Waals surface area contributed by atoms with Crippen LogP contribution in [0.2, 0.25) is 0 Å². The molecule has 0 aromatic heterocycles. The van der Waals surface area contributed by atoms with E-state index in [0.29, 0.717) is 25.0 Å². The van der Waals surface area contributed by atoms with Crippen molar-refractivity contribution in [2.75, 3.05) is 59.5 Å². The molecule has 1 aliphatic carbocycles. The number of hydrogen-bond acceptors (Lipinski definition) is 4. The van der Waals surface area contributed by atoms with Crippen LogP contribution in [0.1, 0.15) is 19.8 Å². The fourth-order valence-electron chi connectivity index (χ4n) is 2.84. The molecule has 2 rings (SSSR count). The molecule has 0 bridgehead atoms. The van der Waals surface area contributed by atoms with Gasteiger partial charge in [-0.15, -0.1) is 0 Å². The number of aliphatic hydroxyl groups is 1. The Hall–Kier alpha value is -0.850. The van der Waals surface area contributed by atoms with E-state index in [1.165, 1.54) is 0 Å². The van der Waals surface area contributed by atoms with E-state index in [0.717, 1.165) is 45.6 Å². The van der Waals surface area contributed by atoms with Crippen LogP contribution in [-0.2, 0) is 0 Å². The third-order valence-corrected chi connectivity index (χ3v) is 4.36. The molecule has 2 amide bonds. The average Bonchev–Trinajstić information content (AvgIpc) is 3.29. The van der Waals surface area contributed by atoms with Gasteiger partial charge in [0.15, 0.2) is 0 Å². The minimum Gasteiger partial charge on any atom is -0.395 e. The molecule has 0 radical (unpaired) electrons. The summed E-state index contributed by atoms with van der Waals surface area (Å²) in [5.41, 5.74) is 0. The number of nitrogens with one attached hydrogen (secondary N) is 1. The molecular formula is C15H30N4O2. The Balaban J connectivity index is 1.65. The molecule has 1 saturated carbocycles. The quantitative estimate of drug-likeness (QED) is 0.696. The first-order chi connectivity index (χ1) is 10.1. The second kappa shape index (κ2) is 7.96. The molecule has 1 unspecified atom stereocenters. The summed E-state index contributed by atoms with van der Waals surface area (Å²) in [6, 6.07) is 0.335. The maximum Gasteiger partial charge on any atom is 0.317 e. The lowest BCUT2D eigenvalue weighted by Gasteiger charge is -2.34. The maximum absolute atomic E-state index is 12.1. The Morgan fingerprint density at radius 2 is 2.00 bits per heavy atom. The van der Waals surface area contributed by atoms with Crippen molar-refractivity contribution in [3.8, 4) is 0 Å². The number of amides is 2. The highest BCUT2D eigenvalue weighted by molar-refractivity contribution is 5.74. The molecule has 6 nitrogen and oxygen atoms in total. The number of carbonyl (C=O) groups is 1. The molecule has 2 N–H and O–H groups in total. The van der Waals surface area contributed by atoms with Gasteiger partial charge in [0.05, 0.1) is 6.61 Å². The van der Waals surface area contributed by atoms with Crippen molar-refractivity contribution in [3.05, 3.63) is 0 Å². The van der Waals surface area contributed by atoms with Crippen LogP contribution < -0.4 is 5.32 Å². The van der Waals surface area contributed by atoms with E-state index in [1.54, 1.807) is 4.90 Å². The van der Waals surface area contributed by atoms with Gasteiger partial charge in [-0.1, -0.05) is 6.92 Å². The SMILES string of the molecule is CC(CNC(=O)N(CCO)C1CC1)CN1CCN(C)CC1. The predicted octanol–water partition coefficient (Wildman–Crippen LogP) is 0.0362. The summed E-state index contributed by atoms with van der Waals surface area (Å²) >= 11 is 0. The van der Waals surface area contributed by atoms with E-state index in [9.17, 15) is 4.79 Å². The van der Waals surface area contributed by atoms with Gasteiger partial charge in [-0.3, -0.25) is 0 Å². The third-order valence-electron chi connectivity index (χ3n) is 4.36. The Morgan fingerprint density at radius 1 is 1.33 bits per heavy atom.